The van der Waals surface area contributed by atoms with Crippen LogP contribution < -0.4 is 4.72 Å². The topological polar surface area (TPSA) is 79.3 Å². The molecule has 1 aromatic rings. The van der Waals surface area contributed by atoms with Crippen molar-refractivity contribution in [1.82, 2.24) is 9.71 Å². The van der Waals surface area contributed by atoms with E-state index >= 15 is 0 Å². The van der Waals surface area contributed by atoms with Crippen molar-refractivity contribution in [3.63, 3.8) is 0 Å². The Balaban J connectivity index is 2.86. The highest BCUT2D eigenvalue weighted by Gasteiger charge is 2.21. The first-order valence-electron chi connectivity index (χ1n) is 5.13. The minimum Gasteiger partial charge on any atom is -0.393 e. The molecule has 1 aromatic heterocycles. The summed E-state index contributed by atoms with van der Waals surface area (Å²) in [6, 6.07) is 1.03. The maximum absolute atomic E-state index is 11.9. The lowest BCUT2D eigenvalue weighted by Gasteiger charge is -2.15. The van der Waals surface area contributed by atoms with E-state index in [4.69, 9.17) is 11.6 Å². The molecule has 0 spiro atoms. The third kappa shape index (κ3) is 4.23. The first kappa shape index (κ1) is 14.4. The second-order valence-electron chi connectivity index (χ2n) is 3.91. The Morgan fingerprint density at radius 3 is 2.71 bits per heavy atom. The van der Waals surface area contributed by atoms with Gasteiger partial charge in [0.25, 0.3) is 0 Å². The normalized spacial score (nSPS) is 15.5. The number of pyridine rings is 1. The SMILES string of the molecule is CC(O)CC(C)NS(=O)(=O)c1cnccc1Cl. The fourth-order valence-corrected chi connectivity index (χ4v) is 3.14. The van der Waals surface area contributed by atoms with Crippen LogP contribution >= 0.6 is 11.6 Å². The molecule has 1 rings (SSSR count). The molecule has 2 atom stereocenters. The van der Waals surface area contributed by atoms with E-state index in [1.807, 2.05) is 0 Å². The van der Waals surface area contributed by atoms with Crippen molar-refractivity contribution in [1.29, 1.82) is 0 Å². The van der Waals surface area contributed by atoms with Crippen LogP contribution in [0.25, 0.3) is 0 Å². The minimum atomic E-state index is -3.69. The molecule has 0 saturated heterocycles. The van der Waals surface area contributed by atoms with Gasteiger partial charge in [0.2, 0.25) is 10.0 Å². The number of aliphatic hydroxyl groups is 1. The van der Waals surface area contributed by atoms with Gasteiger partial charge in [-0.1, -0.05) is 11.6 Å². The number of hydrogen-bond acceptors (Lipinski definition) is 4. The van der Waals surface area contributed by atoms with Gasteiger partial charge in [0.05, 0.1) is 11.1 Å². The predicted octanol–water partition coefficient (Wildman–Crippen LogP) is 1.17. The molecule has 2 N–H and O–H groups in total. The van der Waals surface area contributed by atoms with Gasteiger partial charge in [-0.25, -0.2) is 13.1 Å². The number of nitrogens with zero attached hydrogens (tertiary/aromatic N) is 1. The number of nitrogens with one attached hydrogen (secondary N) is 1. The highest BCUT2D eigenvalue weighted by molar-refractivity contribution is 7.89. The summed E-state index contributed by atoms with van der Waals surface area (Å²) in [5.41, 5.74) is 0. The van der Waals surface area contributed by atoms with Crippen molar-refractivity contribution in [3.8, 4) is 0 Å². The second kappa shape index (κ2) is 5.77. The fraction of sp³-hybridized carbons (Fsp3) is 0.500. The van der Waals surface area contributed by atoms with Crippen molar-refractivity contribution in [2.75, 3.05) is 0 Å². The van der Waals surface area contributed by atoms with Gasteiger partial charge in [-0.05, 0) is 26.3 Å². The van der Waals surface area contributed by atoms with Crippen molar-refractivity contribution >= 4 is 21.6 Å². The molecule has 0 aliphatic heterocycles. The molecule has 5 nitrogen and oxygen atoms in total. The number of halogens is 1. The smallest absolute Gasteiger partial charge is 0.243 e. The van der Waals surface area contributed by atoms with E-state index in [1.54, 1.807) is 13.8 Å². The minimum absolute atomic E-state index is 0.0564. The van der Waals surface area contributed by atoms with Crippen LogP contribution in [0, 0.1) is 0 Å². The van der Waals surface area contributed by atoms with E-state index in [2.05, 4.69) is 9.71 Å². The van der Waals surface area contributed by atoms with Crippen LogP contribution in [0.3, 0.4) is 0 Å². The third-order valence-electron chi connectivity index (χ3n) is 2.07. The van der Waals surface area contributed by atoms with Gasteiger partial charge >= 0.3 is 0 Å². The van der Waals surface area contributed by atoms with E-state index < -0.39 is 16.1 Å². The van der Waals surface area contributed by atoms with E-state index in [1.165, 1.54) is 18.5 Å². The van der Waals surface area contributed by atoms with E-state index in [0.29, 0.717) is 6.42 Å². The van der Waals surface area contributed by atoms with Crippen LogP contribution in [0.1, 0.15) is 20.3 Å². The summed E-state index contributed by atoms with van der Waals surface area (Å²) in [5, 5.41) is 9.29. The summed E-state index contributed by atoms with van der Waals surface area (Å²) in [6.45, 7) is 3.27. The fourth-order valence-electron chi connectivity index (χ4n) is 1.45. The molecular weight excluding hydrogens is 264 g/mol. The average Bonchev–Trinajstić information content (AvgIpc) is 2.15. The molecule has 0 saturated carbocycles. The van der Waals surface area contributed by atoms with E-state index in [0.717, 1.165) is 0 Å². The maximum Gasteiger partial charge on any atom is 0.243 e. The molecule has 0 amide bonds. The lowest BCUT2D eigenvalue weighted by molar-refractivity contribution is 0.175. The molecule has 1 heterocycles. The summed E-state index contributed by atoms with van der Waals surface area (Å²) in [4.78, 5) is 3.67. The molecule has 0 fully saturated rings. The lowest BCUT2D eigenvalue weighted by atomic mass is 10.2. The van der Waals surface area contributed by atoms with Gasteiger partial charge in [-0.15, -0.1) is 0 Å². The zero-order chi connectivity index (χ0) is 13.1. The summed E-state index contributed by atoms with van der Waals surface area (Å²) < 4.78 is 26.3. The quantitative estimate of drug-likeness (QED) is 0.847. The molecule has 96 valence electrons. The monoisotopic (exact) mass is 278 g/mol. The van der Waals surface area contributed by atoms with Gasteiger partial charge in [0.1, 0.15) is 4.90 Å². The molecule has 2 unspecified atom stereocenters. The number of aliphatic hydroxyl groups excluding tert-OH is 1. The number of hydrogen-bond donors (Lipinski definition) is 2. The third-order valence-corrected chi connectivity index (χ3v) is 4.13. The average molecular weight is 279 g/mol. The zero-order valence-electron chi connectivity index (χ0n) is 9.59. The standard InChI is InChI=1S/C10H15ClN2O3S/c1-7(5-8(2)14)13-17(15,16)10-6-12-4-3-9(10)11/h3-4,6-8,13-14H,5H2,1-2H3. The van der Waals surface area contributed by atoms with Crippen LogP contribution in [0.15, 0.2) is 23.4 Å². The van der Waals surface area contributed by atoms with Crippen molar-refractivity contribution in [2.24, 2.45) is 0 Å². The van der Waals surface area contributed by atoms with Gasteiger partial charge in [-0.3, -0.25) is 4.98 Å². The highest BCUT2D eigenvalue weighted by Crippen LogP contribution is 2.19. The van der Waals surface area contributed by atoms with Crippen molar-refractivity contribution in [3.05, 3.63) is 23.5 Å². The molecular formula is C10H15ClN2O3S. The van der Waals surface area contributed by atoms with Crippen LogP contribution in [0.2, 0.25) is 5.02 Å². The Kier molecular flexibility index (Phi) is 4.88. The molecule has 0 bridgehead atoms. The lowest BCUT2D eigenvalue weighted by Crippen LogP contribution is -2.34. The van der Waals surface area contributed by atoms with E-state index in [9.17, 15) is 13.5 Å². The largest absolute Gasteiger partial charge is 0.393 e. The maximum atomic E-state index is 11.9. The Morgan fingerprint density at radius 1 is 1.53 bits per heavy atom. The molecule has 0 aromatic carbocycles. The predicted molar refractivity (Wildman–Crippen MR) is 65.3 cm³/mol. The zero-order valence-corrected chi connectivity index (χ0v) is 11.2. The second-order valence-corrected chi connectivity index (χ2v) is 6.00. The summed E-state index contributed by atoms with van der Waals surface area (Å²) >= 11 is 5.79. The van der Waals surface area contributed by atoms with E-state index in [-0.39, 0.29) is 16.0 Å². The number of aromatic nitrogens is 1. The highest BCUT2D eigenvalue weighted by atomic mass is 35.5. The van der Waals surface area contributed by atoms with Crippen LogP contribution in [-0.4, -0.2) is 30.7 Å². The van der Waals surface area contributed by atoms with Crippen LogP contribution in [0.4, 0.5) is 0 Å². The summed E-state index contributed by atoms with van der Waals surface area (Å²) in [6.07, 6.45) is 2.37. The van der Waals surface area contributed by atoms with Crippen molar-refractivity contribution < 1.29 is 13.5 Å². The Morgan fingerprint density at radius 2 is 2.18 bits per heavy atom. The van der Waals surface area contributed by atoms with Crippen molar-refractivity contribution in [2.45, 2.75) is 37.3 Å². The molecule has 7 heteroatoms. The molecule has 0 aliphatic carbocycles. The Labute approximate surface area is 106 Å². The molecule has 0 radical (unpaired) electrons. The first-order valence-corrected chi connectivity index (χ1v) is 6.99. The first-order chi connectivity index (χ1) is 7.83. The number of sulfonamides is 1. The summed E-state index contributed by atoms with van der Waals surface area (Å²) in [7, 11) is -3.69. The summed E-state index contributed by atoms with van der Waals surface area (Å²) in [5.74, 6) is 0. The van der Waals surface area contributed by atoms with Crippen LogP contribution in [-0.2, 0) is 10.0 Å². The van der Waals surface area contributed by atoms with Gasteiger partial charge in [0.15, 0.2) is 0 Å². The Bertz CT molecular complexity index is 476. The van der Waals surface area contributed by atoms with Gasteiger partial charge < -0.3 is 5.11 Å². The number of rotatable bonds is 5. The molecule has 0 aliphatic rings. The van der Waals surface area contributed by atoms with Gasteiger partial charge in [0, 0.05) is 18.4 Å². The van der Waals surface area contributed by atoms with Crippen LogP contribution in [0.5, 0.6) is 0 Å². The van der Waals surface area contributed by atoms with Gasteiger partial charge in [-0.2, -0.15) is 0 Å². The Hall–Kier alpha value is -0.690. The molecule has 17 heavy (non-hydrogen) atoms.